The normalized spacial score (nSPS) is 15.3. The van der Waals surface area contributed by atoms with E-state index in [1.54, 1.807) is 6.07 Å². The molecule has 3 heterocycles. The summed E-state index contributed by atoms with van der Waals surface area (Å²) in [5, 5.41) is 1.71. The molecule has 5 rings (SSSR count). The van der Waals surface area contributed by atoms with Gasteiger partial charge in [0.15, 0.2) is 0 Å². The number of nitrogens with zero attached hydrogens (tertiary/aromatic N) is 3. The number of H-pyrrole nitrogens is 1. The fraction of sp³-hybridized carbons (Fsp3) is 0.333. The number of fused-ring (bicyclic) bond motifs is 2. The van der Waals surface area contributed by atoms with E-state index in [1.807, 2.05) is 30.0 Å². The molecule has 1 aliphatic heterocycles. The van der Waals surface area contributed by atoms with Gasteiger partial charge in [-0.1, -0.05) is 11.6 Å². The van der Waals surface area contributed by atoms with Crippen molar-refractivity contribution < 1.29 is 9.18 Å². The summed E-state index contributed by atoms with van der Waals surface area (Å²) in [6.45, 7) is 6.11. The number of nitrogens with one attached hydrogen (secondary N) is 1. The minimum absolute atomic E-state index is 0.0665. The van der Waals surface area contributed by atoms with Gasteiger partial charge in [0.2, 0.25) is 0 Å². The number of aromatic nitrogens is 3. The number of carbonyl (C=O) groups excluding carboxylic acids is 1. The topological polar surface area (TPSA) is 53.9 Å². The van der Waals surface area contributed by atoms with Gasteiger partial charge in [-0.15, -0.1) is 0 Å². The average Bonchev–Trinajstić information content (AvgIpc) is 3.31. The molecule has 7 heteroatoms. The van der Waals surface area contributed by atoms with Crippen molar-refractivity contribution in [2.24, 2.45) is 0 Å². The number of rotatable bonds is 3. The number of hydrogen-bond donors (Lipinski definition) is 1. The number of benzene rings is 2. The van der Waals surface area contributed by atoms with Crippen molar-refractivity contribution >= 4 is 39.4 Å². The van der Waals surface area contributed by atoms with Gasteiger partial charge in [-0.2, -0.15) is 0 Å². The maximum Gasteiger partial charge on any atom is 0.270 e. The van der Waals surface area contributed by atoms with Gasteiger partial charge >= 0.3 is 0 Å². The SMILES string of the molecule is CCn1c(C(=O)N2CCC(c3nc4ccc(F)cc4[nH]3)CC2)c(C)c2cc(Cl)ccc21. The Bertz CT molecular complexity index is 1300. The third-order valence-corrected chi connectivity index (χ3v) is 6.66. The first-order valence-corrected chi connectivity index (χ1v) is 11.1. The first-order valence-electron chi connectivity index (χ1n) is 10.7. The number of aryl methyl sites for hydroxylation is 2. The minimum atomic E-state index is -0.272. The van der Waals surface area contributed by atoms with Crippen LogP contribution in [0.5, 0.6) is 0 Å². The molecular weight excluding hydrogens is 415 g/mol. The van der Waals surface area contributed by atoms with Gasteiger partial charge in [0.25, 0.3) is 5.91 Å². The highest BCUT2D eigenvalue weighted by Crippen LogP contribution is 2.32. The van der Waals surface area contributed by atoms with Gasteiger partial charge in [-0.25, -0.2) is 9.37 Å². The van der Waals surface area contributed by atoms with Crippen LogP contribution < -0.4 is 0 Å². The summed E-state index contributed by atoms with van der Waals surface area (Å²) < 4.78 is 15.6. The molecular formula is C24H24ClFN4O. The zero-order valence-corrected chi connectivity index (χ0v) is 18.3. The van der Waals surface area contributed by atoms with Crippen molar-refractivity contribution in [3.63, 3.8) is 0 Å². The van der Waals surface area contributed by atoms with Gasteiger partial charge in [0.05, 0.1) is 11.0 Å². The summed E-state index contributed by atoms with van der Waals surface area (Å²) in [4.78, 5) is 23.3. The number of halogens is 2. The molecule has 5 nitrogen and oxygen atoms in total. The van der Waals surface area contributed by atoms with Gasteiger partial charge in [0.1, 0.15) is 17.3 Å². The second kappa shape index (κ2) is 7.68. The lowest BCUT2D eigenvalue weighted by Crippen LogP contribution is -2.39. The average molecular weight is 439 g/mol. The zero-order chi connectivity index (χ0) is 21.7. The Morgan fingerprint density at radius 3 is 2.74 bits per heavy atom. The quantitative estimate of drug-likeness (QED) is 0.448. The number of piperidine rings is 1. The molecule has 0 atom stereocenters. The van der Waals surface area contributed by atoms with E-state index in [2.05, 4.69) is 21.5 Å². The molecule has 0 spiro atoms. The largest absolute Gasteiger partial charge is 0.342 e. The fourth-order valence-electron chi connectivity index (χ4n) is 4.80. The molecule has 2 aromatic carbocycles. The van der Waals surface area contributed by atoms with Crippen LogP contribution in [0, 0.1) is 12.7 Å². The summed E-state index contributed by atoms with van der Waals surface area (Å²) in [5.41, 5.74) is 4.26. The molecule has 4 aromatic rings. The van der Waals surface area contributed by atoms with Crippen LogP contribution in [0.15, 0.2) is 36.4 Å². The predicted octanol–water partition coefficient (Wildman–Crippen LogP) is 5.66. The van der Waals surface area contributed by atoms with Crippen molar-refractivity contribution in [2.75, 3.05) is 13.1 Å². The number of amides is 1. The first-order chi connectivity index (χ1) is 15.0. The van der Waals surface area contributed by atoms with Crippen LogP contribution in [-0.4, -0.2) is 38.4 Å². The van der Waals surface area contributed by atoms with Gasteiger partial charge < -0.3 is 14.5 Å². The Hall–Kier alpha value is -2.86. The van der Waals surface area contributed by atoms with E-state index < -0.39 is 0 Å². The van der Waals surface area contributed by atoms with Crippen LogP contribution in [0.3, 0.4) is 0 Å². The van der Waals surface area contributed by atoms with E-state index in [9.17, 15) is 9.18 Å². The summed E-state index contributed by atoms with van der Waals surface area (Å²) in [6.07, 6.45) is 1.65. The van der Waals surface area contributed by atoms with E-state index in [0.717, 1.165) is 58.4 Å². The zero-order valence-electron chi connectivity index (χ0n) is 17.6. The Kier molecular flexibility index (Phi) is 4.97. The molecule has 1 amide bonds. The molecule has 0 aliphatic carbocycles. The first kappa shape index (κ1) is 20.1. The van der Waals surface area contributed by atoms with Crippen molar-refractivity contribution in [1.82, 2.24) is 19.4 Å². The summed E-state index contributed by atoms with van der Waals surface area (Å²) >= 11 is 6.20. The molecule has 1 N–H and O–H groups in total. The summed E-state index contributed by atoms with van der Waals surface area (Å²) in [5.74, 6) is 0.903. The Balaban J connectivity index is 1.38. The lowest BCUT2D eigenvalue weighted by atomic mass is 9.96. The lowest BCUT2D eigenvalue weighted by Gasteiger charge is -2.31. The molecule has 0 saturated carbocycles. The van der Waals surface area contributed by atoms with Crippen LogP contribution in [0.25, 0.3) is 21.9 Å². The van der Waals surface area contributed by atoms with Crippen molar-refractivity contribution in [1.29, 1.82) is 0 Å². The van der Waals surface area contributed by atoms with Crippen molar-refractivity contribution in [3.05, 3.63) is 64.3 Å². The van der Waals surface area contributed by atoms with E-state index >= 15 is 0 Å². The highest BCUT2D eigenvalue weighted by atomic mass is 35.5. The molecule has 2 aromatic heterocycles. The second-order valence-corrected chi connectivity index (χ2v) is 8.67. The van der Waals surface area contributed by atoms with Crippen LogP contribution in [0.1, 0.15) is 47.6 Å². The van der Waals surface area contributed by atoms with Crippen LogP contribution >= 0.6 is 11.6 Å². The highest BCUT2D eigenvalue weighted by molar-refractivity contribution is 6.31. The van der Waals surface area contributed by atoms with Gasteiger partial charge in [0, 0.05) is 41.5 Å². The van der Waals surface area contributed by atoms with Crippen molar-refractivity contribution in [3.8, 4) is 0 Å². The minimum Gasteiger partial charge on any atom is -0.342 e. The Labute approximate surface area is 184 Å². The summed E-state index contributed by atoms with van der Waals surface area (Å²) in [7, 11) is 0. The second-order valence-electron chi connectivity index (χ2n) is 8.23. The molecule has 0 unspecified atom stereocenters. The van der Waals surface area contributed by atoms with Crippen molar-refractivity contribution in [2.45, 2.75) is 39.2 Å². The van der Waals surface area contributed by atoms with E-state index in [4.69, 9.17) is 11.6 Å². The highest BCUT2D eigenvalue weighted by Gasteiger charge is 2.29. The predicted molar refractivity (Wildman–Crippen MR) is 121 cm³/mol. The van der Waals surface area contributed by atoms with E-state index in [-0.39, 0.29) is 17.6 Å². The number of aromatic amines is 1. The monoisotopic (exact) mass is 438 g/mol. The van der Waals surface area contributed by atoms with Crippen LogP contribution in [0.2, 0.25) is 5.02 Å². The number of likely N-dealkylation sites (tertiary alicyclic amines) is 1. The third-order valence-electron chi connectivity index (χ3n) is 6.43. The molecule has 1 aliphatic rings. The summed E-state index contributed by atoms with van der Waals surface area (Å²) in [6, 6.07) is 10.4. The Morgan fingerprint density at radius 2 is 2.00 bits per heavy atom. The molecule has 31 heavy (non-hydrogen) atoms. The molecule has 0 bridgehead atoms. The van der Waals surface area contributed by atoms with Gasteiger partial charge in [-0.3, -0.25) is 4.79 Å². The smallest absolute Gasteiger partial charge is 0.270 e. The fourth-order valence-corrected chi connectivity index (χ4v) is 4.97. The van der Waals surface area contributed by atoms with Crippen LogP contribution in [0.4, 0.5) is 4.39 Å². The molecule has 160 valence electrons. The number of carbonyl (C=O) groups is 1. The molecule has 1 saturated heterocycles. The maximum absolute atomic E-state index is 13.5. The third kappa shape index (κ3) is 3.39. The van der Waals surface area contributed by atoms with E-state index in [0.29, 0.717) is 18.1 Å². The van der Waals surface area contributed by atoms with E-state index in [1.165, 1.54) is 12.1 Å². The Morgan fingerprint density at radius 1 is 1.23 bits per heavy atom. The maximum atomic E-state index is 13.5. The lowest BCUT2D eigenvalue weighted by molar-refractivity contribution is 0.0700. The van der Waals surface area contributed by atoms with Crippen LogP contribution in [-0.2, 0) is 6.54 Å². The molecule has 1 fully saturated rings. The number of imidazole rings is 1. The van der Waals surface area contributed by atoms with Gasteiger partial charge in [-0.05, 0) is 68.7 Å². The number of hydrogen-bond acceptors (Lipinski definition) is 2. The molecule has 0 radical (unpaired) electrons. The standard InChI is InChI=1S/C24H24ClFN4O/c1-3-30-21-7-4-16(25)12-18(21)14(2)22(30)24(31)29-10-8-15(9-11-29)23-27-19-6-5-17(26)13-20(19)28-23/h4-7,12-13,15H,3,8-11H2,1-2H3,(H,27,28).